The lowest BCUT2D eigenvalue weighted by molar-refractivity contribution is -0.136. The van der Waals surface area contributed by atoms with Crippen molar-refractivity contribution in [1.29, 1.82) is 0 Å². The van der Waals surface area contributed by atoms with Gasteiger partial charge >= 0.3 is 5.97 Å². The molecule has 0 heterocycles. The van der Waals surface area contributed by atoms with Gasteiger partial charge in [0.25, 0.3) is 0 Å². The average Bonchev–Trinajstić information content (AvgIpc) is 2.92. The number of aliphatic carboxylic acids is 1. The summed E-state index contributed by atoms with van der Waals surface area (Å²) >= 11 is 7.19. The summed E-state index contributed by atoms with van der Waals surface area (Å²) in [7, 11) is 3.18. The van der Waals surface area contributed by atoms with E-state index in [2.05, 4.69) is 51.8 Å². The van der Waals surface area contributed by atoms with Crippen molar-refractivity contribution in [3.8, 4) is 28.7 Å². The molecule has 8 heteroatoms. The fraction of sp³-hybridized carbons (Fsp3) is 0.265. The minimum atomic E-state index is -0.920. The number of hydrogen-bond donors (Lipinski definition) is 2. The van der Waals surface area contributed by atoms with E-state index in [1.165, 1.54) is 7.11 Å². The Hall–Kier alpha value is -3.49. The van der Waals surface area contributed by atoms with E-state index in [4.69, 9.17) is 14.2 Å². The Morgan fingerprint density at radius 3 is 2.07 bits per heavy atom. The number of aryl methyl sites for hydroxylation is 2. The molecule has 4 aromatic carbocycles. The van der Waals surface area contributed by atoms with Gasteiger partial charge < -0.3 is 24.4 Å². The highest BCUT2D eigenvalue weighted by Gasteiger charge is 2.30. The van der Waals surface area contributed by atoms with Crippen LogP contribution in [0, 0.1) is 13.8 Å². The molecule has 0 bridgehead atoms. The Balaban J connectivity index is 2.05. The second-order valence-corrected chi connectivity index (χ2v) is 12.3. The Labute approximate surface area is 263 Å². The minimum Gasteiger partial charge on any atom is -0.504 e. The van der Waals surface area contributed by atoms with Gasteiger partial charge in [-0.1, -0.05) is 49.7 Å². The van der Waals surface area contributed by atoms with Crippen LogP contribution in [0.4, 0.5) is 0 Å². The SMILES string of the molecule is COc1cc(C(c2cccc(C)c2)c2c(C)ccc(OC)c2O)c(Oc2c(Br)cc(CC(=O)O)cc2Br)cc1C(C)C. The molecule has 0 spiro atoms. The zero-order valence-electron chi connectivity index (χ0n) is 24.4. The number of carboxylic acid groups (broad SMARTS) is 1. The van der Waals surface area contributed by atoms with Gasteiger partial charge in [0.2, 0.25) is 0 Å². The van der Waals surface area contributed by atoms with E-state index < -0.39 is 11.9 Å². The van der Waals surface area contributed by atoms with Crippen LogP contribution in [0.2, 0.25) is 0 Å². The summed E-state index contributed by atoms with van der Waals surface area (Å²) in [4.78, 5) is 11.3. The molecule has 0 radical (unpaired) electrons. The predicted molar refractivity (Wildman–Crippen MR) is 172 cm³/mol. The van der Waals surface area contributed by atoms with E-state index in [9.17, 15) is 15.0 Å². The van der Waals surface area contributed by atoms with Crippen LogP contribution < -0.4 is 14.2 Å². The Morgan fingerprint density at radius 2 is 1.50 bits per heavy atom. The van der Waals surface area contributed by atoms with Gasteiger partial charge in [0.05, 0.1) is 29.6 Å². The van der Waals surface area contributed by atoms with E-state index in [0.29, 0.717) is 43.1 Å². The lowest BCUT2D eigenvalue weighted by Gasteiger charge is -2.27. The molecule has 0 aromatic heterocycles. The highest BCUT2D eigenvalue weighted by atomic mass is 79.9. The topological polar surface area (TPSA) is 85.2 Å². The highest BCUT2D eigenvalue weighted by Crippen LogP contribution is 2.49. The first kappa shape index (κ1) is 31.4. The van der Waals surface area contributed by atoms with Crippen molar-refractivity contribution < 1.29 is 29.2 Å². The zero-order chi connectivity index (χ0) is 30.7. The smallest absolute Gasteiger partial charge is 0.307 e. The third kappa shape index (κ3) is 6.60. The molecule has 220 valence electrons. The number of carboxylic acids is 1. The Kier molecular flexibility index (Phi) is 9.89. The van der Waals surface area contributed by atoms with Gasteiger partial charge in [-0.15, -0.1) is 0 Å². The fourth-order valence-corrected chi connectivity index (χ4v) is 6.64. The van der Waals surface area contributed by atoms with Gasteiger partial charge in [0.1, 0.15) is 11.5 Å². The molecule has 1 unspecified atom stereocenters. The van der Waals surface area contributed by atoms with Gasteiger partial charge in [-0.25, -0.2) is 0 Å². The molecule has 0 aliphatic rings. The third-order valence-electron chi connectivity index (χ3n) is 7.20. The van der Waals surface area contributed by atoms with Gasteiger partial charge in [-0.2, -0.15) is 0 Å². The molecule has 0 aliphatic carbocycles. The number of carbonyl (C=O) groups is 1. The van der Waals surface area contributed by atoms with Gasteiger partial charge in [0, 0.05) is 22.6 Å². The van der Waals surface area contributed by atoms with Crippen LogP contribution in [-0.4, -0.2) is 30.4 Å². The molecule has 4 aromatic rings. The molecule has 6 nitrogen and oxygen atoms in total. The van der Waals surface area contributed by atoms with Crippen molar-refractivity contribution in [3.05, 3.63) is 109 Å². The van der Waals surface area contributed by atoms with E-state index in [1.807, 2.05) is 50.2 Å². The highest BCUT2D eigenvalue weighted by molar-refractivity contribution is 9.11. The van der Waals surface area contributed by atoms with Gasteiger partial charge in [-0.3, -0.25) is 4.79 Å². The van der Waals surface area contributed by atoms with Crippen LogP contribution >= 0.6 is 31.9 Å². The largest absolute Gasteiger partial charge is 0.504 e. The monoisotopic (exact) mass is 696 g/mol. The molecule has 0 saturated heterocycles. The summed E-state index contributed by atoms with van der Waals surface area (Å²) in [5.74, 6) is 0.971. The summed E-state index contributed by atoms with van der Waals surface area (Å²) in [5, 5.41) is 20.8. The number of ether oxygens (including phenoxy) is 3. The van der Waals surface area contributed by atoms with Gasteiger partial charge in [0.15, 0.2) is 17.2 Å². The van der Waals surface area contributed by atoms with Crippen molar-refractivity contribution in [2.24, 2.45) is 0 Å². The molecule has 1 atom stereocenters. The maximum atomic E-state index is 11.5. The second kappa shape index (κ2) is 13.2. The molecule has 2 N–H and O–H groups in total. The summed E-state index contributed by atoms with van der Waals surface area (Å²) in [6.45, 7) is 8.17. The molecular weight excluding hydrogens is 664 g/mol. The number of methoxy groups -OCH3 is 2. The minimum absolute atomic E-state index is 0.0576. The second-order valence-electron chi connectivity index (χ2n) is 10.5. The molecule has 0 amide bonds. The molecule has 0 saturated carbocycles. The quantitative estimate of drug-likeness (QED) is 0.161. The molecule has 0 aliphatic heterocycles. The zero-order valence-corrected chi connectivity index (χ0v) is 27.6. The summed E-state index contributed by atoms with van der Waals surface area (Å²) in [6, 6.07) is 19.3. The van der Waals surface area contributed by atoms with E-state index >= 15 is 0 Å². The number of aromatic hydroxyl groups is 1. The van der Waals surface area contributed by atoms with Crippen LogP contribution in [0.3, 0.4) is 0 Å². The first-order valence-corrected chi connectivity index (χ1v) is 15.1. The van der Waals surface area contributed by atoms with E-state index in [1.54, 1.807) is 25.3 Å². The average molecular weight is 698 g/mol. The van der Waals surface area contributed by atoms with Gasteiger partial charge in [-0.05, 0) is 98.6 Å². The normalized spacial score (nSPS) is 11.8. The summed E-state index contributed by atoms with van der Waals surface area (Å²) < 4.78 is 19.3. The lowest BCUT2D eigenvalue weighted by atomic mass is 9.80. The number of hydrogen-bond acceptors (Lipinski definition) is 5. The van der Waals surface area contributed by atoms with Crippen molar-refractivity contribution in [1.82, 2.24) is 0 Å². The maximum absolute atomic E-state index is 11.5. The summed E-state index contributed by atoms with van der Waals surface area (Å²) in [6.07, 6.45) is -0.118. The third-order valence-corrected chi connectivity index (χ3v) is 8.38. The number of phenols is 1. The van der Waals surface area contributed by atoms with Crippen molar-refractivity contribution in [2.45, 2.75) is 46.0 Å². The number of benzene rings is 4. The summed E-state index contributed by atoms with van der Waals surface area (Å²) in [5.41, 5.74) is 5.98. The van der Waals surface area contributed by atoms with E-state index in [0.717, 1.165) is 27.8 Å². The van der Waals surface area contributed by atoms with Crippen LogP contribution in [0.25, 0.3) is 0 Å². The molecule has 4 rings (SSSR count). The van der Waals surface area contributed by atoms with Crippen LogP contribution in [0.15, 0.2) is 69.6 Å². The van der Waals surface area contributed by atoms with Crippen LogP contribution in [0.5, 0.6) is 28.7 Å². The maximum Gasteiger partial charge on any atom is 0.307 e. The van der Waals surface area contributed by atoms with Crippen molar-refractivity contribution >= 4 is 37.8 Å². The predicted octanol–water partition coefficient (Wildman–Crippen LogP) is 9.27. The first-order valence-electron chi connectivity index (χ1n) is 13.5. The molecule has 42 heavy (non-hydrogen) atoms. The Morgan fingerprint density at radius 1 is 0.857 bits per heavy atom. The van der Waals surface area contributed by atoms with Crippen molar-refractivity contribution in [3.63, 3.8) is 0 Å². The standard InChI is InChI=1S/C34H34Br2O6/c1-18(2)23-16-29(42-34-25(35)13-21(14-26(34)36)15-30(37)38)24(17-28(23)41-6)32(22-9-7-8-19(3)12-22)31-20(4)10-11-27(40-5)33(31)39/h7-14,16-18,32,39H,15H2,1-6H3,(H,37,38). The number of halogens is 2. The number of phenolic OH excluding ortho intramolecular Hbond substituents is 1. The first-order chi connectivity index (χ1) is 19.9. The van der Waals surface area contributed by atoms with E-state index in [-0.39, 0.29) is 18.1 Å². The number of rotatable bonds is 10. The van der Waals surface area contributed by atoms with Crippen LogP contribution in [0.1, 0.15) is 64.6 Å². The van der Waals surface area contributed by atoms with Crippen molar-refractivity contribution in [2.75, 3.05) is 14.2 Å². The molecular formula is C34H34Br2O6. The molecule has 0 fully saturated rings. The Bertz CT molecular complexity index is 1610. The fourth-order valence-electron chi connectivity index (χ4n) is 5.20. The van der Waals surface area contributed by atoms with Crippen LogP contribution in [-0.2, 0) is 11.2 Å². The lowest BCUT2D eigenvalue weighted by Crippen LogP contribution is -2.10.